The molecule has 0 bridgehead atoms. The highest BCUT2D eigenvalue weighted by molar-refractivity contribution is 5.90. The summed E-state index contributed by atoms with van der Waals surface area (Å²) in [5.41, 5.74) is 0.819. The minimum atomic E-state index is -0.341. The molecule has 6 nitrogen and oxygen atoms in total. The maximum atomic E-state index is 11.9. The molecule has 1 heterocycles. The number of aryl methyl sites for hydroxylation is 1. The average molecular weight is 260 g/mol. The number of phenols is 1. The minimum absolute atomic E-state index is 0.129. The Morgan fingerprint density at radius 1 is 1.53 bits per heavy atom. The Bertz CT molecular complexity index is 580. The summed E-state index contributed by atoms with van der Waals surface area (Å²) >= 11 is 0. The van der Waals surface area contributed by atoms with E-state index in [0.717, 1.165) is 5.56 Å². The molecule has 1 unspecified atom stereocenters. The van der Waals surface area contributed by atoms with E-state index in [0.29, 0.717) is 12.2 Å². The van der Waals surface area contributed by atoms with E-state index in [4.69, 9.17) is 0 Å². The summed E-state index contributed by atoms with van der Waals surface area (Å²) in [5.74, 6) is 0.635. The molecule has 0 spiro atoms. The Kier molecular flexibility index (Phi) is 3.79. The van der Waals surface area contributed by atoms with E-state index < -0.39 is 0 Å². The third-order valence-corrected chi connectivity index (χ3v) is 2.79. The molecule has 1 aromatic heterocycles. The molecule has 100 valence electrons. The molecule has 1 amide bonds. The largest absolute Gasteiger partial charge is 0.508 e. The number of benzene rings is 1. The number of carbonyl (C=O) groups excluding carboxylic acids is 1. The van der Waals surface area contributed by atoms with Crippen molar-refractivity contribution < 1.29 is 9.90 Å². The Labute approximate surface area is 110 Å². The number of nitrogens with one attached hydrogen (secondary N) is 2. The average Bonchev–Trinajstić information content (AvgIpc) is 2.87. The summed E-state index contributed by atoms with van der Waals surface area (Å²) < 4.78 is 0. The fourth-order valence-electron chi connectivity index (χ4n) is 1.69. The van der Waals surface area contributed by atoms with Crippen LogP contribution >= 0.6 is 0 Å². The third kappa shape index (κ3) is 3.09. The standard InChI is InChI=1S/C13H16N4O2/c1-3-11-15-12(17-16-11)13(19)14-8(2)9-5-4-6-10(18)7-9/h4-8,18H,3H2,1-2H3,(H,14,19)(H,15,16,17). The number of phenolic OH excluding ortho intramolecular Hbond substituents is 1. The van der Waals surface area contributed by atoms with Crippen molar-refractivity contribution in [1.29, 1.82) is 0 Å². The number of H-pyrrole nitrogens is 1. The third-order valence-electron chi connectivity index (χ3n) is 2.79. The zero-order valence-corrected chi connectivity index (χ0v) is 10.8. The predicted molar refractivity (Wildman–Crippen MR) is 69.7 cm³/mol. The quantitative estimate of drug-likeness (QED) is 0.778. The molecule has 0 saturated carbocycles. The van der Waals surface area contributed by atoms with Crippen LogP contribution < -0.4 is 5.32 Å². The zero-order chi connectivity index (χ0) is 13.8. The van der Waals surface area contributed by atoms with E-state index >= 15 is 0 Å². The summed E-state index contributed by atoms with van der Waals surface area (Å²) in [5, 5.41) is 18.7. The number of nitrogens with zero attached hydrogens (tertiary/aromatic N) is 2. The number of amides is 1. The first-order chi connectivity index (χ1) is 9.10. The highest BCUT2D eigenvalue weighted by Gasteiger charge is 2.15. The monoisotopic (exact) mass is 260 g/mol. The van der Waals surface area contributed by atoms with Gasteiger partial charge in [-0.3, -0.25) is 9.89 Å². The van der Waals surface area contributed by atoms with Crippen molar-refractivity contribution in [3.8, 4) is 5.75 Å². The van der Waals surface area contributed by atoms with Gasteiger partial charge in [0.1, 0.15) is 11.6 Å². The van der Waals surface area contributed by atoms with Crippen molar-refractivity contribution >= 4 is 5.91 Å². The molecule has 1 aromatic carbocycles. The molecule has 0 aliphatic rings. The van der Waals surface area contributed by atoms with Crippen LogP contribution in [0.3, 0.4) is 0 Å². The molecular weight excluding hydrogens is 244 g/mol. The van der Waals surface area contributed by atoms with E-state index in [2.05, 4.69) is 20.5 Å². The smallest absolute Gasteiger partial charge is 0.291 e. The number of carbonyl (C=O) groups is 1. The van der Waals surface area contributed by atoms with Gasteiger partial charge >= 0.3 is 0 Å². The maximum Gasteiger partial charge on any atom is 0.291 e. The van der Waals surface area contributed by atoms with Crippen LogP contribution in [0.5, 0.6) is 5.75 Å². The van der Waals surface area contributed by atoms with Crippen molar-refractivity contribution in [2.24, 2.45) is 0 Å². The summed E-state index contributed by atoms with van der Waals surface area (Å²) in [6.07, 6.45) is 0.697. The van der Waals surface area contributed by atoms with Crippen molar-refractivity contribution in [2.45, 2.75) is 26.3 Å². The number of aromatic hydroxyl groups is 1. The molecular formula is C13H16N4O2. The molecule has 0 aliphatic carbocycles. The van der Waals surface area contributed by atoms with E-state index in [1.807, 2.05) is 19.9 Å². The van der Waals surface area contributed by atoms with Gasteiger partial charge in [0.25, 0.3) is 5.91 Å². The van der Waals surface area contributed by atoms with Gasteiger partial charge in [-0.25, -0.2) is 4.98 Å². The van der Waals surface area contributed by atoms with Crippen LogP contribution in [0.2, 0.25) is 0 Å². The molecule has 1 atom stereocenters. The number of aromatic amines is 1. The molecule has 0 saturated heterocycles. The Hall–Kier alpha value is -2.37. The second-order valence-corrected chi connectivity index (χ2v) is 4.25. The SMILES string of the molecule is CCc1nc(C(=O)NC(C)c2cccc(O)c2)n[nH]1. The fourth-order valence-corrected chi connectivity index (χ4v) is 1.69. The van der Waals surface area contributed by atoms with Gasteiger partial charge in [-0.05, 0) is 24.6 Å². The number of aromatic nitrogens is 3. The number of hydrogen-bond donors (Lipinski definition) is 3. The van der Waals surface area contributed by atoms with Crippen LogP contribution in [0.25, 0.3) is 0 Å². The zero-order valence-electron chi connectivity index (χ0n) is 10.8. The highest BCUT2D eigenvalue weighted by atomic mass is 16.3. The van der Waals surface area contributed by atoms with E-state index in [9.17, 15) is 9.90 Å². The summed E-state index contributed by atoms with van der Waals surface area (Å²) in [6.45, 7) is 3.76. The van der Waals surface area contributed by atoms with Gasteiger partial charge in [0.15, 0.2) is 0 Å². The van der Waals surface area contributed by atoms with Gasteiger partial charge in [-0.1, -0.05) is 19.1 Å². The van der Waals surface area contributed by atoms with Crippen molar-refractivity contribution in [3.63, 3.8) is 0 Å². The van der Waals surface area contributed by atoms with Gasteiger partial charge in [0.2, 0.25) is 5.82 Å². The number of rotatable bonds is 4. The molecule has 2 rings (SSSR count). The summed E-state index contributed by atoms with van der Waals surface area (Å²) in [6, 6.07) is 6.53. The van der Waals surface area contributed by atoms with Gasteiger partial charge in [0.05, 0.1) is 6.04 Å². The molecule has 0 aliphatic heterocycles. The van der Waals surface area contributed by atoms with E-state index in [-0.39, 0.29) is 23.5 Å². The molecule has 3 N–H and O–H groups in total. The normalized spacial score (nSPS) is 12.1. The first kappa shape index (κ1) is 13.1. The van der Waals surface area contributed by atoms with Gasteiger partial charge < -0.3 is 10.4 Å². The topological polar surface area (TPSA) is 90.9 Å². The van der Waals surface area contributed by atoms with Crippen LogP contribution in [0.1, 0.15) is 41.9 Å². The second-order valence-electron chi connectivity index (χ2n) is 4.25. The van der Waals surface area contributed by atoms with E-state index in [1.165, 1.54) is 0 Å². The van der Waals surface area contributed by atoms with Gasteiger partial charge in [0, 0.05) is 6.42 Å². The van der Waals surface area contributed by atoms with Crippen molar-refractivity contribution in [1.82, 2.24) is 20.5 Å². The van der Waals surface area contributed by atoms with Crippen molar-refractivity contribution in [2.75, 3.05) is 0 Å². The van der Waals surface area contributed by atoms with Gasteiger partial charge in [-0.2, -0.15) is 0 Å². The first-order valence-corrected chi connectivity index (χ1v) is 6.11. The van der Waals surface area contributed by atoms with Crippen LogP contribution in [0.15, 0.2) is 24.3 Å². The highest BCUT2D eigenvalue weighted by Crippen LogP contribution is 2.17. The molecule has 0 fully saturated rings. The van der Waals surface area contributed by atoms with Crippen LogP contribution in [-0.4, -0.2) is 26.2 Å². The van der Waals surface area contributed by atoms with Crippen LogP contribution in [0, 0.1) is 0 Å². The Morgan fingerprint density at radius 2 is 2.32 bits per heavy atom. The molecule has 19 heavy (non-hydrogen) atoms. The van der Waals surface area contributed by atoms with Crippen molar-refractivity contribution in [3.05, 3.63) is 41.5 Å². The van der Waals surface area contributed by atoms with Gasteiger partial charge in [-0.15, -0.1) is 5.10 Å². The lowest BCUT2D eigenvalue weighted by atomic mass is 10.1. The lowest BCUT2D eigenvalue weighted by Crippen LogP contribution is -2.27. The summed E-state index contributed by atoms with van der Waals surface area (Å²) in [4.78, 5) is 16.0. The molecule has 6 heteroatoms. The fraction of sp³-hybridized carbons (Fsp3) is 0.308. The lowest BCUT2D eigenvalue weighted by molar-refractivity contribution is 0.0929. The maximum absolute atomic E-state index is 11.9. The first-order valence-electron chi connectivity index (χ1n) is 6.11. The van der Waals surface area contributed by atoms with Crippen LogP contribution in [-0.2, 0) is 6.42 Å². The molecule has 2 aromatic rings. The Morgan fingerprint density at radius 3 is 2.95 bits per heavy atom. The van der Waals surface area contributed by atoms with Crippen LogP contribution in [0.4, 0.5) is 0 Å². The minimum Gasteiger partial charge on any atom is -0.508 e. The van der Waals surface area contributed by atoms with E-state index in [1.54, 1.807) is 18.2 Å². The Balaban J connectivity index is 2.06. The lowest BCUT2D eigenvalue weighted by Gasteiger charge is -2.13. The number of hydrogen-bond acceptors (Lipinski definition) is 4. The second kappa shape index (κ2) is 5.51. The molecule has 0 radical (unpaired) electrons. The predicted octanol–water partition coefficient (Wildman–Crippen LogP) is 1.56. The summed E-state index contributed by atoms with van der Waals surface area (Å²) in [7, 11) is 0.